The van der Waals surface area contributed by atoms with Gasteiger partial charge in [0, 0.05) is 31.9 Å². The summed E-state index contributed by atoms with van der Waals surface area (Å²) in [7, 11) is 0. The highest BCUT2D eigenvalue weighted by Crippen LogP contribution is 2.31. The maximum absolute atomic E-state index is 13.1. The number of phenolic OH excluding ortho intramolecular Hbond substituents is 4. The zero-order valence-corrected chi connectivity index (χ0v) is 28.1. The molecule has 3 rings (SSSR count). The van der Waals surface area contributed by atoms with Crippen LogP contribution in [0.15, 0.2) is 24.3 Å². The van der Waals surface area contributed by atoms with Gasteiger partial charge in [-0.15, -0.1) is 0 Å². The number of esters is 6. The third-order valence-corrected chi connectivity index (χ3v) is 7.15. The van der Waals surface area contributed by atoms with E-state index < -0.39 is 115 Å². The zero-order chi connectivity index (χ0) is 37.3. The smallest absolute Gasteiger partial charge is 0.342 e. The molecular formula is C34H40O16. The minimum absolute atomic E-state index is 0.0426. The van der Waals surface area contributed by atoms with Crippen LogP contribution in [0.2, 0.25) is 0 Å². The summed E-state index contributed by atoms with van der Waals surface area (Å²) in [6.07, 6.45) is -7.32. The molecule has 0 spiro atoms. The van der Waals surface area contributed by atoms with E-state index in [2.05, 4.69) is 0 Å². The normalized spacial score (nSPS) is 23.4. The first-order chi connectivity index (χ1) is 23.4. The Bertz CT molecular complexity index is 1610. The number of carbonyl (C=O) groups excluding carboxylic acids is 6. The number of aromatic hydroxyl groups is 4. The fourth-order valence-corrected chi connectivity index (χ4v) is 5.18. The highest BCUT2D eigenvalue weighted by molar-refractivity contribution is 5.95. The van der Waals surface area contributed by atoms with Crippen molar-refractivity contribution in [3.05, 3.63) is 46.5 Å². The van der Waals surface area contributed by atoms with Gasteiger partial charge in [-0.25, -0.2) is 9.59 Å². The summed E-state index contributed by atoms with van der Waals surface area (Å²) in [6.45, 7) is 6.29. The molecule has 2 aromatic carbocycles. The molecule has 1 heterocycles. The van der Waals surface area contributed by atoms with Gasteiger partial charge < -0.3 is 48.8 Å². The molecule has 50 heavy (non-hydrogen) atoms. The molecule has 2 aromatic rings. The van der Waals surface area contributed by atoms with Crippen molar-refractivity contribution in [1.29, 1.82) is 0 Å². The lowest BCUT2D eigenvalue weighted by molar-refractivity contribution is -0.165. The van der Waals surface area contributed by atoms with Crippen LogP contribution in [0, 0.1) is 0 Å². The average Bonchev–Trinajstić information content (AvgIpc) is 2.93. The van der Waals surface area contributed by atoms with E-state index in [-0.39, 0.29) is 35.1 Å². The van der Waals surface area contributed by atoms with Crippen molar-refractivity contribution in [2.75, 3.05) is 6.61 Å². The Hall–Kier alpha value is -5.54. The third kappa shape index (κ3) is 11.6. The molecule has 5 atom stereocenters. The lowest BCUT2D eigenvalue weighted by Crippen LogP contribution is -2.31. The summed E-state index contributed by atoms with van der Waals surface area (Å²) in [5, 5.41) is 41.2. The molecule has 0 bridgehead atoms. The minimum Gasteiger partial charge on any atom is -0.508 e. The second-order valence-electron chi connectivity index (χ2n) is 12.0. The summed E-state index contributed by atoms with van der Waals surface area (Å²) in [5.41, 5.74) is -0.632. The first-order valence-corrected chi connectivity index (χ1v) is 15.6. The first kappa shape index (κ1) is 38.9. The lowest BCUT2D eigenvalue weighted by atomic mass is 10.00. The van der Waals surface area contributed by atoms with E-state index in [1.165, 1.54) is 27.7 Å². The largest absolute Gasteiger partial charge is 0.508 e. The summed E-state index contributed by atoms with van der Waals surface area (Å²) < 4.78 is 31.8. The monoisotopic (exact) mass is 704 g/mol. The number of cyclic esters (lactones) is 5. The van der Waals surface area contributed by atoms with Crippen LogP contribution < -0.4 is 0 Å². The maximum Gasteiger partial charge on any atom is 0.342 e. The van der Waals surface area contributed by atoms with E-state index >= 15 is 0 Å². The van der Waals surface area contributed by atoms with Gasteiger partial charge in [0.2, 0.25) is 0 Å². The van der Waals surface area contributed by atoms with E-state index in [0.717, 1.165) is 31.2 Å². The average molecular weight is 705 g/mol. The van der Waals surface area contributed by atoms with E-state index in [4.69, 9.17) is 28.4 Å². The van der Waals surface area contributed by atoms with Crippen molar-refractivity contribution in [1.82, 2.24) is 0 Å². The van der Waals surface area contributed by atoms with Crippen LogP contribution >= 0.6 is 0 Å². The molecule has 0 unspecified atom stereocenters. The highest BCUT2D eigenvalue weighted by Gasteiger charge is 2.29. The van der Waals surface area contributed by atoms with Crippen LogP contribution in [0.25, 0.3) is 0 Å². The van der Waals surface area contributed by atoms with Crippen molar-refractivity contribution in [2.24, 2.45) is 0 Å². The number of ether oxygens (including phenoxy) is 6. The van der Waals surface area contributed by atoms with Gasteiger partial charge >= 0.3 is 35.8 Å². The van der Waals surface area contributed by atoms with Crippen LogP contribution in [0.3, 0.4) is 0 Å². The van der Waals surface area contributed by atoms with Crippen molar-refractivity contribution in [3.63, 3.8) is 0 Å². The highest BCUT2D eigenvalue weighted by atomic mass is 16.6. The summed E-state index contributed by atoms with van der Waals surface area (Å²) in [5.74, 6) is -7.59. The number of benzene rings is 2. The van der Waals surface area contributed by atoms with E-state index in [0.29, 0.717) is 0 Å². The molecule has 1 aliphatic rings. The Kier molecular flexibility index (Phi) is 13.4. The van der Waals surface area contributed by atoms with Gasteiger partial charge in [0.05, 0.1) is 19.3 Å². The SMILES string of the molecule is CC(=O)OC[C@@H]1CC(=O)O[C@H](C)Cc2cc(O)cc(O)c2C(=O)O[C@H](C)CC(=O)O[C@H](C)Cc2cc(O)cc(O)c2C(=O)O[C@H](C)CC(=O)O1. The molecule has 0 amide bonds. The van der Waals surface area contributed by atoms with Gasteiger partial charge in [-0.2, -0.15) is 0 Å². The van der Waals surface area contributed by atoms with Crippen molar-refractivity contribution in [3.8, 4) is 23.0 Å². The predicted octanol–water partition coefficient (Wildman–Crippen LogP) is 2.91. The van der Waals surface area contributed by atoms with Gasteiger partial charge in [-0.05, 0) is 51.0 Å². The molecule has 0 aromatic heterocycles. The van der Waals surface area contributed by atoms with Crippen molar-refractivity contribution in [2.45, 2.75) is 97.2 Å². The Labute approximate surface area is 286 Å². The molecule has 16 heteroatoms. The van der Waals surface area contributed by atoms with Gasteiger partial charge in [0.25, 0.3) is 0 Å². The Balaban J connectivity index is 1.95. The van der Waals surface area contributed by atoms with Gasteiger partial charge in [-0.1, -0.05) is 0 Å². The van der Waals surface area contributed by atoms with Crippen LogP contribution in [0.5, 0.6) is 23.0 Å². The molecule has 0 radical (unpaired) electrons. The van der Waals surface area contributed by atoms with E-state index in [1.807, 2.05) is 0 Å². The lowest BCUT2D eigenvalue weighted by Gasteiger charge is -2.22. The third-order valence-electron chi connectivity index (χ3n) is 7.15. The molecule has 0 saturated carbocycles. The Morgan fingerprint density at radius 1 is 0.600 bits per heavy atom. The second kappa shape index (κ2) is 17.2. The summed E-state index contributed by atoms with van der Waals surface area (Å²) in [4.78, 5) is 76.1. The fraction of sp³-hybridized carbons (Fsp3) is 0.471. The number of hydrogen-bond acceptors (Lipinski definition) is 16. The number of fused-ring (bicyclic) bond motifs is 2. The predicted molar refractivity (Wildman–Crippen MR) is 168 cm³/mol. The number of rotatable bonds is 2. The molecule has 272 valence electrons. The number of carbonyl (C=O) groups is 6. The fourth-order valence-electron chi connectivity index (χ4n) is 5.18. The van der Waals surface area contributed by atoms with Crippen molar-refractivity contribution < 1.29 is 77.6 Å². The zero-order valence-electron chi connectivity index (χ0n) is 28.1. The second-order valence-corrected chi connectivity index (χ2v) is 12.0. The van der Waals surface area contributed by atoms with Crippen LogP contribution in [0.1, 0.15) is 85.7 Å². The van der Waals surface area contributed by atoms with E-state index in [1.54, 1.807) is 0 Å². The van der Waals surface area contributed by atoms with Crippen molar-refractivity contribution >= 4 is 35.8 Å². The van der Waals surface area contributed by atoms with Crippen LogP contribution in [-0.2, 0) is 60.4 Å². The van der Waals surface area contributed by atoms with Crippen LogP contribution in [-0.4, -0.2) is 93.4 Å². The Morgan fingerprint density at radius 3 is 1.40 bits per heavy atom. The molecule has 0 saturated heterocycles. The first-order valence-electron chi connectivity index (χ1n) is 15.6. The quantitative estimate of drug-likeness (QED) is 0.260. The minimum atomic E-state index is -1.31. The molecule has 0 aliphatic carbocycles. The molecular weight excluding hydrogens is 664 g/mol. The molecule has 4 N–H and O–H groups in total. The summed E-state index contributed by atoms with van der Waals surface area (Å²) >= 11 is 0. The standard InChI is InChI=1S/C34H40O16/c1-16-6-21-10-23(36)12-26(38)31(21)34(44)49-19(4)9-29(41)50-25(15-45-20(5)35)14-30(42)47-17(2)7-22-11-24(37)13-27(39)32(22)33(43)48-18(3)8-28(40)46-16/h10-13,16-19,25,36-39H,6-9,14-15H2,1-5H3/t16-,17-,18-,19-,25+/m1/s1. The molecule has 1 aliphatic heterocycles. The molecule has 16 nitrogen and oxygen atoms in total. The van der Waals surface area contributed by atoms with Crippen LogP contribution in [0.4, 0.5) is 0 Å². The van der Waals surface area contributed by atoms with Gasteiger partial charge in [0.1, 0.15) is 71.3 Å². The number of phenols is 4. The summed E-state index contributed by atoms with van der Waals surface area (Å²) in [6, 6.07) is 4.13. The number of hydrogen-bond donors (Lipinski definition) is 4. The Morgan fingerprint density at radius 2 is 0.980 bits per heavy atom. The van der Waals surface area contributed by atoms with Gasteiger partial charge in [-0.3, -0.25) is 19.2 Å². The molecule has 0 fully saturated rings. The topological polar surface area (TPSA) is 239 Å². The maximum atomic E-state index is 13.1. The van der Waals surface area contributed by atoms with E-state index in [9.17, 15) is 49.2 Å². The van der Waals surface area contributed by atoms with Gasteiger partial charge in [0.15, 0.2) is 0 Å².